The average Bonchev–Trinajstić information content (AvgIpc) is 2.19. The van der Waals surface area contributed by atoms with Gasteiger partial charge in [0.2, 0.25) is 0 Å². The minimum atomic E-state index is -0.396. The molecule has 0 saturated heterocycles. The second-order valence-electron chi connectivity index (χ2n) is 3.41. The molecule has 1 N–H and O–H groups in total. The Labute approximate surface area is 88.5 Å². The molecule has 0 fully saturated rings. The molecule has 0 aromatic heterocycles. The molecule has 0 spiro atoms. The van der Waals surface area contributed by atoms with Gasteiger partial charge in [-0.1, -0.05) is 31.0 Å². The topological polar surface area (TPSA) is 20.2 Å². The molecule has 14 heavy (non-hydrogen) atoms. The number of halogens is 2. The van der Waals surface area contributed by atoms with E-state index in [9.17, 15) is 4.39 Å². The molecule has 0 aliphatic heterocycles. The number of benzene rings is 1. The summed E-state index contributed by atoms with van der Waals surface area (Å²) in [5.74, 6) is -0.163. The number of rotatable bonds is 4. The van der Waals surface area contributed by atoms with Gasteiger partial charge in [-0.05, 0) is 30.0 Å². The van der Waals surface area contributed by atoms with Crippen LogP contribution in [0.25, 0.3) is 0 Å². The monoisotopic (exact) mass is 216 g/mol. The molecule has 1 rings (SSSR count). The number of aliphatic hydroxyl groups excluding tert-OH is 1. The standard InChI is InChI=1S/C11H14ClFO/c1-2-8(7-14)5-9-3-4-11(13)10(12)6-9/h3-4,6,8,14H,2,5,7H2,1H3. The summed E-state index contributed by atoms with van der Waals surface area (Å²) < 4.78 is 12.8. The van der Waals surface area contributed by atoms with E-state index in [1.54, 1.807) is 12.1 Å². The Hall–Kier alpha value is -0.600. The van der Waals surface area contributed by atoms with Crippen LogP contribution in [0.15, 0.2) is 18.2 Å². The summed E-state index contributed by atoms with van der Waals surface area (Å²) in [5, 5.41) is 9.15. The van der Waals surface area contributed by atoms with Gasteiger partial charge in [-0.25, -0.2) is 4.39 Å². The van der Waals surface area contributed by atoms with Crippen molar-refractivity contribution in [3.8, 4) is 0 Å². The van der Waals surface area contributed by atoms with Crippen LogP contribution in [0.3, 0.4) is 0 Å². The molecule has 3 heteroatoms. The smallest absolute Gasteiger partial charge is 0.141 e. The van der Waals surface area contributed by atoms with Gasteiger partial charge >= 0.3 is 0 Å². The molecule has 0 radical (unpaired) electrons. The third-order valence-corrected chi connectivity index (χ3v) is 2.63. The predicted octanol–water partition coefficient (Wildman–Crippen LogP) is 3.04. The van der Waals surface area contributed by atoms with Gasteiger partial charge in [-0.2, -0.15) is 0 Å². The van der Waals surface area contributed by atoms with Crippen molar-refractivity contribution in [3.63, 3.8) is 0 Å². The quantitative estimate of drug-likeness (QED) is 0.820. The maximum absolute atomic E-state index is 12.8. The third-order valence-electron chi connectivity index (χ3n) is 2.34. The number of hydrogen-bond donors (Lipinski definition) is 1. The van der Waals surface area contributed by atoms with E-state index in [2.05, 4.69) is 0 Å². The van der Waals surface area contributed by atoms with Gasteiger partial charge < -0.3 is 5.11 Å². The fourth-order valence-corrected chi connectivity index (χ4v) is 1.54. The van der Waals surface area contributed by atoms with Gasteiger partial charge in [0.15, 0.2) is 0 Å². The molecule has 0 heterocycles. The molecule has 1 nitrogen and oxygen atoms in total. The molecule has 1 aromatic carbocycles. The Morgan fingerprint density at radius 3 is 2.71 bits per heavy atom. The van der Waals surface area contributed by atoms with Crippen LogP contribution in [0.4, 0.5) is 4.39 Å². The largest absolute Gasteiger partial charge is 0.396 e. The van der Waals surface area contributed by atoms with Crippen molar-refractivity contribution in [2.24, 2.45) is 5.92 Å². The highest BCUT2D eigenvalue weighted by atomic mass is 35.5. The Kier molecular flexibility index (Phi) is 4.36. The zero-order valence-electron chi connectivity index (χ0n) is 8.13. The van der Waals surface area contributed by atoms with Gasteiger partial charge in [0.25, 0.3) is 0 Å². The van der Waals surface area contributed by atoms with E-state index in [0.717, 1.165) is 18.4 Å². The van der Waals surface area contributed by atoms with E-state index in [4.69, 9.17) is 16.7 Å². The minimum absolute atomic E-state index is 0.148. The van der Waals surface area contributed by atoms with Gasteiger partial charge in [-0.15, -0.1) is 0 Å². The van der Waals surface area contributed by atoms with Crippen molar-refractivity contribution in [1.82, 2.24) is 0 Å². The van der Waals surface area contributed by atoms with Crippen molar-refractivity contribution in [3.05, 3.63) is 34.6 Å². The van der Waals surface area contributed by atoms with E-state index < -0.39 is 5.82 Å². The molecule has 0 aliphatic rings. The summed E-state index contributed by atoms with van der Waals surface area (Å²) >= 11 is 5.65. The fraction of sp³-hybridized carbons (Fsp3) is 0.455. The van der Waals surface area contributed by atoms with Crippen LogP contribution >= 0.6 is 11.6 Å². The number of hydrogen-bond acceptors (Lipinski definition) is 1. The van der Waals surface area contributed by atoms with Gasteiger partial charge in [0.1, 0.15) is 5.82 Å². The predicted molar refractivity (Wildman–Crippen MR) is 56.0 cm³/mol. The van der Waals surface area contributed by atoms with Crippen molar-refractivity contribution < 1.29 is 9.50 Å². The third kappa shape index (κ3) is 2.96. The second kappa shape index (κ2) is 5.32. The summed E-state index contributed by atoms with van der Waals surface area (Å²) in [4.78, 5) is 0. The molecule has 1 atom stereocenters. The Balaban J connectivity index is 2.72. The first kappa shape index (κ1) is 11.5. The molecule has 0 amide bonds. The lowest BCUT2D eigenvalue weighted by molar-refractivity contribution is 0.222. The van der Waals surface area contributed by atoms with Crippen LogP contribution in [0.2, 0.25) is 5.02 Å². The van der Waals surface area contributed by atoms with Crippen LogP contribution in [0.1, 0.15) is 18.9 Å². The summed E-state index contributed by atoms with van der Waals surface area (Å²) in [5.41, 5.74) is 0.970. The molecule has 0 bridgehead atoms. The Bertz CT molecular complexity index is 297. The molecule has 1 aromatic rings. The lowest BCUT2D eigenvalue weighted by Gasteiger charge is -2.11. The lowest BCUT2D eigenvalue weighted by atomic mass is 9.98. The van der Waals surface area contributed by atoms with Crippen LogP contribution in [0.5, 0.6) is 0 Å². The summed E-state index contributed by atoms with van der Waals surface area (Å²) in [6.45, 7) is 2.18. The zero-order chi connectivity index (χ0) is 10.6. The maximum Gasteiger partial charge on any atom is 0.141 e. The van der Waals surface area contributed by atoms with Crippen molar-refractivity contribution in [2.75, 3.05) is 6.61 Å². The van der Waals surface area contributed by atoms with Crippen molar-refractivity contribution >= 4 is 11.6 Å². The molecular formula is C11H14ClFO. The highest BCUT2D eigenvalue weighted by molar-refractivity contribution is 6.30. The summed E-state index contributed by atoms with van der Waals surface area (Å²) in [6, 6.07) is 4.69. The van der Waals surface area contributed by atoms with Crippen LogP contribution < -0.4 is 0 Å². The highest BCUT2D eigenvalue weighted by Gasteiger charge is 2.07. The molecule has 0 aliphatic carbocycles. The average molecular weight is 217 g/mol. The minimum Gasteiger partial charge on any atom is -0.396 e. The van der Waals surface area contributed by atoms with Crippen molar-refractivity contribution in [1.29, 1.82) is 0 Å². The fourth-order valence-electron chi connectivity index (χ4n) is 1.34. The maximum atomic E-state index is 12.8. The second-order valence-corrected chi connectivity index (χ2v) is 3.82. The van der Waals surface area contributed by atoms with Crippen LogP contribution in [0, 0.1) is 11.7 Å². The van der Waals surface area contributed by atoms with E-state index in [-0.39, 0.29) is 17.5 Å². The van der Waals surface area contributed by atoms with E-state index in [1.165, 1.54) is 6.07 Å². The summed E-state index contributed by atoms with van der Waals surface area (Å²) in [6.07, 6.45) is 1.65. The van der Waals surface area contributed by atoms with Crippen molar-refractivity contribution in [2.45, 2.75) is 19.8 Å². The molecule has 78 valence electrons. The zero-order valence-corrected chi connectivity index (χ0v) is 8.89. The Morgan fingerprint density at radius 2 is 2.21 bits per heavy atom. The van der Waals surface area contributed by atoms with E-state index in [0.29, 0.717) is 0 Å². The molecule has 0 saturated carbocycles. The first-order chi connectivity index (χ1) is 6.67. The first-order valence-corrected chi connectivity index (χ1v) is 5.10. The molecular weight excluding hydrogens is 203 g/mol. The SMILES string of the molecule is CCC(CO)Cc1ccc(F)c(Cl)c1. The van der Waals surface area contributed by atoms with Gasteiger partial charge in [0, 0.05) is 6.61 Å². The van der Waals surface area contributed by atoms with Crippen LogP contribution in [-0.4, -0.2) is 11.7 Å². The molecule has 1 unspecified atom stereocenters. The first-order valence-electron chi connectivity index (χ1n) is 4.72. The number of aliphatic hydroxyl groups is 1. The van der Waals surface area contributed by atoms with Crippen LogP contribution in [-0.2, 0) is 6.42 Å². The van der Waals surface area contributed by atoms with Gasteiger partial charge in [0.05, 0.1) is 5.02 Å². The van der Waals surface area contributed by atoms with E-state index >= 15 is 0 Å². The normalized spacial score (nSPS) is 12.9. The Morgan fingerprint density at radius 1 is 1.50 bits per heavy atom. The van der Waals surface area contributed by atoms with E-state index in [1.807, 2.05) is 6.92 Å². The highest BCUT2D eigenvalue weighted by Crippen LogP contribution is 2.19. The lowest BCUT2D eigenvalue weighted by Crippen LogP contribution is -2.08. The van der Waals surface area contributed by atoms with Gasteiger partial charge in [-0.3, -0.25) is 0 Å². The summed E-state index contributed by atoms with van der Waals surface area (Å²) in [7, 11) is 0.